The zero-order valence-electron chi connectivity index (χ0n) is 20.7. The molecule has 0 radical (unpaired) electrons. The molecule has 0 spiro atoms. The SMILES string of the molecule is CN(C)[C@@H]1CCN(c2ccc(NCCc3cc(OCC4CCCCC4)ccc3CO)cc2F)C1. The van der Waals surface area contributed by atoms with Gasteiger partial charge in [0, 0.05) is 31.4 Å². The molecule has 34 heavy (non-hydrogen) atoms. The first-order chi connectivity index (χ1) is 16.5. The number of aliphatic hydroxyl groups is 1. The fraction of sp³-hybridized carbons (Fsp3) is 0.571. The van der Waals surface area contributed by atoms with Crippen molar-refractivity contribution in [2.24, 2.45) is 5.92 Å². The molecule has 2 N–H and O–H groups in total. The van der Waals surface area contributed by atoms with Gasteiger partial charge in [-0.15, -0.1) is 0 Å². The van der Waals surface area contributed by atoms with Gasteiger partial charge in [0.05, 0.1) is 18.9 Å². The first-order valence-corrected chi connectivity index (χ1v) is 12.8. The molecule has 1 heterocycles. The second-order valence-corrected chi connectivity index (χ2v) is 10.1. The minimum absolute atomic E-state index is 0.00530. The Kier molecular flexibility index (Phi) is 8.68. The molecule has 2 fully saturated rings. The Hall–Kier alpha value is -2.31. The molecule has 1 saturated heterocycles. The number of hydrogen-bond donors (Lipinski definition) is 2. The fourth-order valence-corrected chi connectivity index (χ4v) is 5.24. The number of hydrogen-bond acceptors (Lipinski definition) is 5. The van der Waals surface area contributed by atoms with Gasteiger partial charge in [0.1, 0.15) is 11.6 Å². The molecule has 2 aliphatic rings. The number of halogens is 1. The highest BCUT2D eigenvalue weighted by Crippen LogP contribution is 2.28. The van der Waals surface area contributed by atoms with E-state index in [4.69, 9.17) is 4.74 Å². The Morgan fingerprint density at radius 1 is 1.06 bits per heavy atom. The molecule has 1 atom stereocenters. The number of ether oxygens (including phenoxy) is 1. The van der Waals surface area contributed by atoms with E-state index in [1.807, 2.05) is 30.3 Å². The quantitative estimate of drug-likeness (QED) is 0.509. The maximum Gasteiger partial charge on any atom is 0.148 e. The molecular formula is C28H40FN3O2. The van der Waals surface area contributed by atoms with Crippen LogP contribution in [-0.4, -0.2) is 56.4 Å². The summed E-state index contributed by atoms with van der Waals surface area (Å²) in [4.78, 5) is 4.35. The average Bonchev–Trinajstić information content (AvgIpc) is 3.34. The standard InChI is InChI=1S/C28H40FN3O2/c1-31(2)25-13-15-32(18-25)28-11-9-24(17-27(28)29)30-14-12-22-16-26(10-8-23(22)19-33)34-20-21-6-4-3-5-7-21/h8-11,16-17,21,25,30,33H,3-7,12-15,18-20H2,1-2H3/t25-/m1/s1. The second kappa shape index (κ2) is 11.9. The highest BCUT2D eigenvalue weighted by Gasteiger charge is 2.25. The van der Waals surface area contributed by atoms with Crippen molar-refractivity contribution in [3.8, 4) is 5.75 Å². The van der Waals surface area contributed by atoms with Gasteiger partial charge < -0.3 is 25.0 Å². The lowest BCUT2D eigenvalue weighted by atomic mass is 9.90. The first kappa shape index (κ1) is 24.8. The van der Waals surface area contributed by atoms with Gasteiger partial charge in [-0.05, 0) is 87.2 Å². The zero-order valence-corrected chi connectivity index (χ0v) is 20.7. The molecule has 4 rings (SSSR count). The van der Waals surface area contributed by atoms with Crippen LogP contribution in [0.2, 0.25) is 0 Å². The maximum atomic E-state index is 14.8. The zero-order chi connectivity index (χ0) is 23.9. The number of nitrogens with one attached hydrogen (secondary N) is 1. The van der Waals surface area contributed by atoms with E-state index < -0.39 is 0 Å². The first-order valence-electron chi connectivity index (χ1n) is 12.8. The van der Waals surface area contributed by atoms with E-state index in [2.05, 4.69) is 29.2 Å². The summed E-state index contributed by atoms with van der Waals surface area (Å²) in [6.07, 6.45) is 8.28. The van der Waals surface area contributed by atoms with Crippen molar-refractivity contribution in [3.05, 3.63) is 53.3 Å². The summed E-state index contributed by atoms with van der Waals surface area (Å²) in [5, 5.41) is 13.1. The fourth-order valence-electron chi connectivity index (χ4n) is 5.24. The molecule has 5 nitrogen and oxygen atoms in total. The van der Waals surface area contributed by atoms with Crippen molar-refractivity contribution in [3.63, 3.8) is 0 Å². The summed E-state index contributed by atoms with van der Waals surface area (Å²) in [5.74, 6) is 1.34. The van der Waals surface area contributed by atoms with Gasteiger partial charge >= 0.3 is 0 Å². The van der Waals surface area contributed by atoms with E-state index in [-0.39, 0.29) is 12.4 Å². The summed E-state index contributed by atoms with van der Waals surface area (Å²) in [7, 11) is 4.16. The second-order valence-electron chi connectivity index (χ2n) is 10.1. The number of anilines is 2. The van der Waals surface area contributed by atoms with Gasteiger partial charge in [0.25, 0.3) is 0 Å². The van der Waals surface area contributed by atoms with E-state index in [0.717, 1.165) is 55.1 Å². The summed E-state index contributed by atoms with van der Waals surface area (Å²) >= 11 is 0. The third-order valence-electron chi connectivity index (χ3n) is 7.46. The molecule has 1 aliphatic heterocycles. The van der Waals surface area contributed by atoms with E-state index in [0.29, 0.717) is 24.2 Å². The lowest BCUT2D eigenvalue weighted by Crippen LogP contribution is -2.31. The number of benzene rings is 2. The van der Waals surface area contributed by atoms with Crippen molar-refractivity contribution in [2.75, 3.05) is 50.6 Å². The smallest absolute Gasteiger partial charge is 0.148 e. The van der Waals surface area contributed by atoms with Crippen molar-refractivity contribution in [1.82, 2.24) is 4.90 Å². The predicted octanol–water partition coefficient (Wildman–Crippen LogP) is 5.07. The molecular weight excluding hydrogens is 429 g/mol. The van der Waals surface area contributed by atoms with Crippen molar-refractivity contribution in [2.45, 2.75) is 57.6 Å². The molecule has 1 aliphatic carbocycles. The number of nitrogens with zero attached hydrogens (tertiary/aromatic N) is 2. The Balaban J connectivity index is 1.31. The van der Waals surface area contributed by atoms with Crippen LogP contribution in [0.25, 0.3) is 0 Å². The van der Waals surface area contributed by atoms with E-state index >= 15 is 0 Å². The van der Waals surface area contributed by atoms with Gasteiger partial charge in [0.15, 0.2) is 0 Å². The Morgan fingerprint density at radius 3 is 2.59 bits per heavy atom. The number of likely N-dealkylation sites (N-methyl/N-ethyl adjacent to an activating group) is 1. The Labute approximate surface area is 203 Å². The molecule has 6 heteroatoms. The molecule has 0 aromatic heterocycles. The third-order valence-corrected chi connectivity index (χ3v) is 7.46. The third kappa shape index (κ3) is 6.42. The highest BCUT2D eigenvalue weighted by molar-refractivity contribution is 5.57. The molecule has 0 amide bonds. The average molecular weight is 470 g/mol. The van der Waals surface area contributed by atoms with Crippen LogP contribution in [0.1, 0.15) is 49.7 Å². The molecule has 0 bridgehead atoms. The van der Waals surface area contributed by atoms with Crippen LogP contribution < -0.4 is 15.0 Å². The lowest BCUT2D eigenvalue weighted by molar-refractivity contribution is 0.208. The molecule has 2 aromatic rings. The van der Waals surface area contributed by atoms with E-state index in [1.165, 1.54) is 32.1 Å². The number of aliphatic hydroxyl groups excluding tert-OH is 1. The van der Waals surface area contributed by atoms with Crippen molar-refractivity contribution in [1.29, 1.82) is 0 Å². The highest BCUT2D eigenvalue weighted by atomic mass is 19.1. The van der Waals surface area contributed by atoms with Crippen LogP contribution in [-0.2, 0) is 13.0 Å². The van der Waals surface area contributed by atoms with Crippen LogP contribution in [0, 0.1) is 11.7 Å². The maximum absolute atomic E-state index is 14.8. The monoisotopic (exact) mass is 469 g/mol. The lowest BCUT2D eigenvalue weighted by Gasteiger charge is -2.22. The minimum atomic E-state index is -0.182. The molecule has 0 unspecified atom stereocenters. The van der Waals surface area contributed by atoms with Gasteiger partial charge in [0.2, 0.25) is 0 Å². The topological polar surface area (TPSA) is 48.0 Å². The normalized spacial score (nSPS) is 19.1. The predicted molar refractivity (Wildman–Crippen MR) is 137 cm³/mol. The molecule has 186 valence electrons. The number of rotatable bonds is 10. The van der Waals surface area contributed by atoms with Crippen LogP contribution in [0.15, 0.2) is 36.4 Å². The van der Waals surface area contributed by atoms with E-state index in [1.54, 1.807) is 6.07 Å². The van der Waals surface area contributed by atoms with Crippen molar-refractivity contribution < 1.29 is 14.2 Å². The van der Waals surface area contributed by atoms with Gasteiger partial charge in [-0.25, -0.2) is 4.39 Å². The molecule has 2 aromatic carbocycles. The summed E-state index contributed by atoms with van der Waals surface area (Å²) in [6, 6.07) is 11.9. The van der Waals surface area contributed by atoms with Crippen molar-refractivity contribution >= 4 is 11.4 Å². The van der Waals surface area contributed by atoms with Crippen LogP contribution in [0.5, 0.6) is 5.75 Å². The van der Waals surface area contributed by atoms with Crippen LogP contribution in [0.4, 0.5) is 15.8 Å². The van der Waals surface area contributed by atoms with Gasteiger partial charge in [-0.3, -0.25) is 0 Å². The summed E-state index contributed by atoms with van der Waals surface area (Å²) < 4.78 is 20.9. The molecule has 1 saturated carbocycles. The van der Waals surface area contributed by atoms with Gasteiger partial charge in [-0.1, -0.05) is 25.3 Å². The summed E-state index contributed by atoms with van der Waals surface area (Å²) in [5.41, 5.74) is 3.44. The van der Waals surface area contributed by atoms with Crippen LogP contribution in [0.3, 0.4) is 0 Å². The minimum Gasteiger partial charge on any atom is -0.493 e. The summed E-state index contributed by atoms with van der Waals surface area (Å²) in [6.45, 7) is 3.18. The largest absolute Gasteiger partial charge is 0.493 e. The van der Waals surface area contributed by atoms with Gasteiger partial charge in [-0.2, -0.15) is 0 Å². The Bertz CT molecular complexity index is 930. The Morgan fingerprint density at radius 2 is 1.88 bits per heavy atom. The van der Waals surface area contributed by atoms with E-state index in [9.17, 15) is 9.50 Å². The van der Waals surface area contributed by atoms with Crippen LogP contribution >= 0.6 is 0 Å².